The molecule has 1 fully saturated rings. The molecule has 1 aromatic carbocycles. The van der Waals surface area contributed by atoms with Gasteiger partial charge < -0.3 is 5.73 Å². The fourth-order valence-corrected chi connectivity index (χ4v) is 4.59. The third kappa shape index (κ3) is 3.94. The number of nitrogens with two attached hydrogens (primary N) is 1. The van der Waals surface area contributed by atoms with Gasteiger partial charge in [0.2, 0.25) is 10.0 Å². The molecule has 0 spiro atoms. The number of hydrogen-bond donors (Lipinski definition) is 1. The fraction of sp³-hybridized carbons (Fsp3) is 0.500. The van der Waals surface area contributed by atoms with E-state index in [1.165, 1.54) is 18.6 Å². The highest BCUT2D eigenvalue weighted by atomic mass is 35.5. The van der Waals surface area contributed by atoms with Gasteiger partial charge in [0.15, 0.2) is 0 Å². The Labute approximate surface area is 136 Å². The maximum Gasteiger partial charge on any atom is 0.243 e. The molecule has 21 heavy (non-hydrogen) atoms. The third-order valence-corrected chi connectivity index (χ3v) is 6.09. The van der Waals surface area contributed by atoms with E-state index in [2.05, 4.69) is 0 Å². The monoisotopic (exact) mass is 346 g/mol. The van der Waals surface area contributed by atoms with Crippen LogP contribution in [-0.2, 0) is 10.0 Å². The smallest absolute Gasteiger partial charge is 0.243 e. The van der Waals surface area contributed by atoms with Gasteiger partial charge in [0.25, 0.3) is 0 Å². The van der Waals surface area contributed by atoms with Gasteiger partial charge in [0.1, 0.15) is 4.99 Å². The second-order valence-electron chi connectivity index (χ2n) is 5.18. The van der Waals surface area contributed by atoms with Crippen LogP contribution >= 0.6 is 23.8 Å². The van der Waals surface area contributed by atoms with E-state index in [4.69, 9.17) is 29.6 Å². The van der Waals surface area contributed by atoms with Gasteiger partial charge in [0.05, 0.1) is 9.92 Å². The molecule has 116 valence electrons. The summed E-state index contributed by atoms with van der Waals surface area (Å²) >= 11 is 11.0. The number of nitrogens with zero attached hydrogens (tertiary/aromatic N) is 1. The van der Waals surface area contributed by atoms with Gasteiger partial charge in [-0.2, -0.15) is 4.31 Å². The summed E-state index contributed by atoms with van der Waals surface area (Å²) in [4.78, 5) is 0.364. The van der Waals surface area contributed by atoms with Crippen LogP contribution in [0.2, 0.25) is 5.02 Å². The molecule has 7 heteroatoms. The van der Waals surface area contributed by atoms with Gasteiger partial charge in [-0.1, -0.05) is 43.1 Å². The van der Waals surface area contributed by atoms with E-state index in [9.17, 15) is 8.42 Å². The molecule has 1 aromatic rings. The van der Waals surface area contributed by atoms with Crippen LogP contribution in [0.1, 0.15) is 37.7 Å². The zero-order chi connectivity index (χ0) is 15.5. The van der Waals surface area contributed by atoms with E-state index in [1.807, 2.05) is 0 Å². The zero-order valence-corrected chi connectivity index (χ0v) is 14.1. The summed E-state index contributed by atoms with van der Waals surface area (Å²) in [6.07, 6.45) is 5.14. The van der Waals surface area contributed by atoms with Crippen LogP contribution in [0.15, 0.2) is 23.1 Å². The maximum absolute atomic E-state index is 12.7. The van der Waals surface area contributed by atoms with Crippen molar-refractivity contribution in [2.45, 2.75) is 37.0 Å². The largest absolute Gasteiger partial charge is 0.389 e. The standard InChI is InChI=1S/C14H19ClN2O2S2/c15-13-10-11(6-7-12(13)14(16)20)21(18,19)17-8-4-2-1-3-5-9-17/h6-7,10H,1-5,8-9H2,(H2,16,20). The topological polar surface area (TPSA) is 63.4 Å². The van der Waals surface area contributed by atoms with E-state index < -0.39 is 10.0 Å². The van der Waals surface area contributed by atoms with Crippen LogP contribution in [0.4, 0.5) is 0 Å². The van der Waals surface area contributed by atoms with Crippen molar-refractivity contribution in [3.05, 3.63) is 28.8 Å². The van der Waals surface area contributed by atoms with Crippen molar-refractivity contribution in [1.29, 1.82) is 0 Å². The van der Waals surface area contributed by atoms with Crippen molar-refractivity contribution in [3.8, 4) is 0 Å². The van der Waals surface area contributed by atoms with E-state index in [-0.39, 0.29) is 14.9 Å². The quantitative estimate of drug-likeness (QED) is 0.855. The van der Waals surface area contributed by atoms with Crippen molar-refractivity contribution in [2.24, 2.45) is 5.73 Å². The molecule has 4 nitrogen and oxygen atoms in total. The molecule has 0 amide bonds. The lowest BCUT2D eigenvalue weighted by Gasteiger charge is -2.24. The van der Waals surface area contributed by atoms with Crippen LogP contribution in [-0.4, -0.2) is 30.8 Å². The molecule has 1 heterocycles. The summed E-state index contributed by atoms with van der Waals surface area (Å²) in [5, 5.41) is 0.274. The first-order chi connectivity index (χ1) is 9.93. The summed E-state index contributed by atoms with van der Waals surface area (Å²) in [6.45, 7) is 1.13. The lowest BCUT2D eigenvalue weighted by Crippen LogP contribution is -2.33. The maximum atomic E-state index is 12.7. The summed E-state index contributed by atoms with van der Waals surface area (Å²) in [7, 11) is -3.50. The number of sulfonamides is 1. The summed E-state index contributed by atoms with van der Waals surface area (Å²) < 4.78 is 26.9. The van der Waals surface area contributed by atoms with Crippen molar-refractivity contribution >= 4 is 38.8 Å². The Morgan fingerprint density at radius 3 is 2.24 bits per heavy atom. The van der Waals surface area contributed by atoms with Gasteiger partial charge in [-0.3, -0.25) is 0 Å². The average molecular weight is 347 g/mol. The Balaban J connectivity index is 2.29. The lowest BCUT2D eigenvalue weighted by molar-refractivity contribution is 0.364. The molecule has 2 N–H and O–H groups in total. The molecule has 1 saturated heterocycles. The minimum Gasteiger partial charge on any atom is -0.389 e. The number of benzene rings is 1. The molecule has 1 aliphatic rings. The first-order valence-corrected chi connectivity index (χ1v) is 9.25. The molecule has 2 rings (SSSR count). The number of thiocarbonyl (C=S) groups is 1. The lowest BCUT2D eigenvalue weighted by atomic mass is 10.1. The van der Waals surface area contributed by atoms with Gasteiger partial charge >= 0.3 is 0 Å². The molecule has 0 bridgehead atoms. The first-order valence-electron chi connectivity index (χ1n) is 7.02. The molecule has 1 aliphatic heterocycles. The summed E-state index contributed by atoms with van der Waals surface area (Å²) in [5.74, 6) is 0. The fourth-order valence-electron chi connectivity index (χ4n) is 2.46. The summed E-state index contributed by atoms with van der Waals surface area (Å²) in [5.41, 5.74) is 6.04. The Kier molecular flexibility index (Phi) is 5.60. The SMILES string of the molecule is NC(=S)c1ccc(S(=O)(=O)N2CCCCCCC2)cc1Cl. The molecule has 0 atom stereocenters. The minimum atomic E-state index is -3.50. The van der Waals surface area contributed by atoms with E-state index >= 15 is 0 Å². The van der Waals surface area contributed by atoms with Gasteiger partial charge in [-0.25, -0.2) is 8.42 Å². The Hall–Kier alpha value is -0.690. The van der Waals surface area contributed by atoms with Crippen molar-refractivity contribution in [3.63, 3.8) is 0 Å². The first kappa shape index (κ1) is 16.7. The van der Waals surface area contributed by atoms with Gasteiger partial charge in [-0.05, 0) is 31.0 Å². The minimum absolute atomic E-state index is 0.162. The number of halogens is 1. The normalized spacial score (nSPS) is 18.0. The van der Waals surface area contributed by atoms with Crippen LogP contribution in [0.3, 0.4) is 0 Å². The number of rotatable bonds is 3. The zero-order valence-electron chi connectivity index (χ0n) is 11.7. The van der Waals surface area contributed by atoms with Crippen LogP contribution in [0.5, 0.6) is 0 Å². The molecule has 0 radical (unpaired) electrons. The molecule has 0 unspecified atom stereocenters. The highest BCUT2D eigenvalue weighted by molar-refractivity contribution is 7.89. The van der Waals surface area contributed by atoms with E-state index in [1.54, 1.807) is 10.4 Å². The molecule has 0 aromatic heterocycles. The Morgan fingerprint density at radius 1 is 1.14 bits per heavy atom. The highest BCUT2D eigenvalue weighted by Gasteiger charge is 2.25. The Bertz CT molecular complexity index is 624. The van der Waals surface area contributed by atoms with Crippen LogP contribution in [0, 0.1) is 0 Å². The third-order valence-electron chi connectivity index (χ3n) is 3.66. The highest BCUT2D eigenvalue weighted by Crippen LogP contribution is 2.25. The molecular formula is C14H19ClN2O2S2. The Morgan fingerprint density at radius 2 is 1.71 bits per heavy atom. The molecular weight excluding hydrogens is 328 g/mol. The number of hydrogen-bond acceptors (Lipinski definition) is 3. The van der Waals surface area contributed by atoms with Gasteiger partial charge in [0, 0.05) is 18.7 Å². The second-order valence-corrected chi connectivity index (χ2v) is 7.96. The molecule has 0 saturated carbocycles. The summed E-state index contributed by atoms with van der Waals surface area (Å²) in [6, 6.07) is 4.53. The van der Waals surface area contributed by atoms with Crippen molar-refractivity contribution < 1.29 is 8.42 Å². The predicted molar refractivity (Wildman–Crippen MR) is 89.2 cm³/mol. The predicted octanol–water partition coefficient (Wildman–Crippen LogP) is 2.93. The van der Waals surface area contributed by atoms with Gasteiger partial charge in [-0.15, -0.1) is 0 Å². The van der Waals surface area contributed by atoms with E-state index in [0.29, 0.717) is 18.7 Å². The second kappa shape index (κ2) is 7.05. The van der Waals surface area contributed by atoms with Crippen LogP contribution in [0.25, 0.3) is 0 Å². The van der Waals surface area contributed by atoms with E-state index in [0.717, 1.165) is 25.7 Å². The molecule has 0 aliphatic carbocycles. The van der Waals surface area contributed by atoms with Crippen LogP contribution < -0.4 is 5.73 Å². The van der Waals surface area contributed by atoms with Crippen molar-refractivity contribution in [2.75, 3.05) is 13.1 Å². The van der Waals surface area contributed by atoms with Crippen molar-refractivity contribution in [1.82, 2.24) is 4.31 Å². The average Bonchev–Trinajstić information content (AvgIpc) is 2.37.